The van der Waals surface area contributed by atoms with Crippen LogP contribution in [0, 0.1) is 0 Å². The Kier molecular flexibility index (Phi) is 6.37. The van der Waals surface area contributed by atoms with Crippen LogP contribution in [0.2, 0.25) is 0 Å². The molecule has 2 aromatic carbocycles. The Morgan fingerprint density at radius 2 is 1.75 bits per heavy atom. The highest BCUT2D eigenvalue weighted by molar-refractivity contribution is 5.98. The summed E-state index contributed by atoms with van der Waals surface area (Å²) >= 11 is 0. The van der Waals surface area contributed by atoms with Gasteiger partial charge in [-0.1, -0.05) is 24.3 Å². The molecular weight excluding hydrogens is 454 g/mol. The van der Waals surface area contributed by atoms with Gasteiger partial charge in [-0.15, -0.1) is 0 Å². The summed E-state index contributed by atoms with van der Waals surface area (Å²) in [7, 11) is 0. The minimum Gasteiger partial charge on any atom is -0.390 e. The van der Waals surface area contributed by atoms with Gasteiger partial charge in [0.1, 0.15) is 0 Å². The number of aliphatic hydroxyl groups is 1. The first-order valence-corrected chi connectivity index (χ1v) is 13.0. The van der Waals surface area contributed by atoms with Crippen molar-refractivity contribution in [3.05, 3.63) is 76.4 Å². The molecule has 2 amide bonds. The molecule has 2 bridgehead atoms. The summed E-state index contributed by atoms with van der Waals surface area (Å²) in [5.74, 6) is -0.229. The number of β-amino-alcohol motifs (C(OH)–C–C–N with tert-alkyl or cyclic N) is 1. The van der Waals surface area contributed by atoms with E-state index in [0.717, 1.165) is 38.8 Å². The number of benzene rings is 2. The first-order valence-electron chi connectivity index (χ1n) is 13.0. The molecule has 6 rings (SSSR count). The summed E-state index contributed by atoms with van der Waals surface area (Å²) in [5.41, 5.74) is 6.82. The first kappa shape index (κ1) is 23.4. The molecule has 2 saturated heterocycles. The van der Waals surface area contributed by atoms with Gasteiger partial charge in [-0.05, 0) is 72.2 Å². The Hall–Kier alpha value is -3.00. The summed E-state index contributed by atoms with van der Waals surface area (Å²) in [6.45, 7) is 3.72. The third-order valence-electron chi connectivity index (χ3n) is 8.10. The van der Waals surface area contributed by atoms with Crippen LogP contribution in [-0.2, 0) is 11.2 Å². The molecule has 2 aromatic rings. The number of aliphatic hydroxyl groups excluding tert-OH is 1. The van der Waals surface area contributed by atoms with Gasteiger partial charge in [0.15, 0.2) is 0 Å². The van der Waals surface area contributed by atoms with Gasteiger partial charge in [-0.3, -0.25) is 14.5 Å². The average molecular weight is 488 g/mol. The number of amides is 2. The van der Waals surface area contributed by atoms with Gasteiger partial charge in [0, 0.05) is 37.3 Å². The van der Waals surface area contributed by atoms with Crippen LogP contribution in [0.4, 0.5) is 0 Å². The smallest absolute Gasteiger partial charge is 0.254 e. The quantitative estimate of drug-likeness (QED) is 0.654. The van der Waals surface area contributed by atoms with Gasteiger partial charge in [0.2, 0.25) is 0 Å². The van der Waals surface area contributed by atoms with E-state index in [1.54, 1.807) is 24.3 Å². The van der Waals surface area contributed by atoms with E-state index in [1.165, 1.54) is 22.3 Å². The summed E-state index contributed by atoms with van der Waals surface area (Å²) < 4.78 is 5.58. The van der Waals surface area contributed by atoms with E-state index in [4.69, 9.17) is 4.74 Å². The number of fused-ring (bicyclic) bond motifs is 4. The van der Waals surface area contributed by atoms with Crippen LogP contribution in [0.1, 0.15) is 51.1 Å². The van der Waals surface area contributed by atoms with Crippen molar-refractivity contribution in [3.8, 4) is 0 Å². The maximum Gasteiger partial charge on any atom is 0.254 e. The Bertz CT molecular complexity index is 1180. The lowest BCUT2D eigenvalue weighted by Crippen LogP contribution is -2.49. The van der Waals surface area contributed by atoms with Crippen molar-refractivity contribution >= 4 is 17.4 Å². The molecule has 1 aliphatic carbocycles. The van der Waals surface area contributed by atoms with E-state index >= 15 is 0 Å². The SMILES string of the molecule is O=C(NCC(O)CN1CCC2=C(Cc3ccccc32)C1)c1ccc(C(=O)N2C3CCC2COC3)cc1. The zero-order valence-corrected chi connectivity index (χ0v) is 20.5. The fourth-order valence-electron chi connectivity index (χ4n) is 6.28. The number of rotatable bonds is 6. The van der Waals surface area contributed by atoms with E-state index in [9.17, 15) is 14.7 Å². The fourth-order valence-corrected chi connectivity index (χ4v) is 6.28. The standard InChI is InChI=1S/C29H33N3O4/c33-25(16-31-12-11-27-22(15-31)13-21-3-1-2-4-26(21)27)14-30-28(34)19-5-7-20(8-6-19)29(35)32-23-9-10-24(32)18-36-17-23/h1-8,23-25,33H,9-18H2,(H,30,34). The minimum absolute atomic E-state index is 0.0124. The third kappa shape index (κ3) is 4.47. The highest BCUT2D eigenvalue weighted by atomic mass is 16.5. The number of carbonyl (C=O) groups excluding carboxylic acids is 2. The number of ether oxygens (including phenoxy) is 1. The Morgan fingerprint density at radius 1 is 1.03 bits per heavy atom. The number of morpholine rings is 1. The van der Waals surface area contributed by atoms with Crippen LogP contribution in [0.5, 0.6) is 0 Å². The van der Waals surface area contributed by atoms with Crippen LogP contribution in [-0.4, -0.2) is 84.3 Å². The highest BCUT2D eigenvalue weighted by Crippen LogP contribution is 2.37. The molecule has 2 N–H and O–H groups in total. The predicted molar refractivity (Wildman–Crippen MR) is 137 cm³/mol. The molecule has 3 aliphatic heterocycles. The molecule has 7 heteroatoms. The maximum absolute atomic E-state index is 13.0. The van der Waals surface area contributed by atoms with Crippen molar-refractivity contribution in [3.63, 3.8) is 0 Å². The number of hydrogen-bond donors (Lipinski definition) is 2. The van der Waals surface area contributed by atoms with E-state index in [-0.39, 0.29) is 30.4 Å². The summed E-state index contributed by atoms with van der Waals surface area (Å²) in [5, 5.41) is 13.4. The number of nitrogens with one attached hydrogen (secondary N) is 1. The summed E-state index contributed by atoms with van der Waals surface area (Å²) in [6.07, 6.45) is 3.34. The Labute approximate surface area is 211 Å². The topological polar surface area (TPSA) is 82.1 Å². The lowest BCUT2D eigenvalue weighted by Gasteiger charge is -2.34. The van der Waals surface area contributed by atoms with Crippen LogP contribution >= 0.6 is 0 Å². The largest absolute Gasteiger partial charge is 0.390 e. The van der Waals surface area contributed by atoms with Gasteiger partial charge >= 0.3 is 0 Å². The Balaban J connectivity index is 0.990. The summed E-state index contributed by atoms with van der Waals surface area (Å²) in [6, 6.07) is 15.8. The van der Waals surface area contributed by atoms with Crippen LogP contribution in [0.15, 0.2) is 54.1 Å². The van der Waals surface area contributed by atoms with Crippen molar-refractivity contribution in [1.29, 1.82) is 0 Å². The molecule has 0 aromatic heterocycles. The molecule has 7 nitrogen and oxygen atoms in total. The number of carbonyl (C=O) groups is 2. The average Bonchev–Trinajstić information content (AvgIpc) is 3.39. The predicted octanol–water partition coefficient (Wildman–Crippen LogP) is 2.50. The van der Waals surface area contributed by atoms with Crippen LogP contribution in [0.3, 0.4) is 0 Å². The maximum atomic E-state index is 13.0. The lowest BCUT2D eigenvalue weighted by atomic mass is 9.99. The molecule has 0 saturated carbocycles. The van der Waals surface area contributed by atoms with Gasteiger partial charge < -0.3 is 20.1 Å². The van der Waals surface area contributed by atoms with Gasteiger partial charge in [0.05, 0.1) is 31.4 Å². The molecule has 4 aliphatic rings. The Morgan fingerprint density at radius 3 is 2.53 bits per heavy atom. The number of nitrogens with zero attached hydrogens (tertiary/aromatic N) is 2. The molecule has 3 unspecified atom stereocenters. The normalized spacial score (nSPS) is 23.9. The van der Waals surface area contributed by atoms with Gasteiger partial charge in [0.25, 0.3) is 11.8 Å². The second-order valence-electron chi connectivity index (χ2n) is 10.5. The van der Waals surface area contributed by atoms with Crippen LogP contribution < -0.4 is 5.32 Å². The lowest BCUT2D eigenvalue weighted by molar-refractivity contribution is -0.00716. The molecule has 3 atom stereocenters. The van der Waals surface area contributed by atoms with Crippen molar-refractivity contribution in [1.82, 2.24) is 15.1 Å². The first-order chi connectivity index (χ1) is 17.6. The van der Waals surface area contributed by atoms with E-state index in [1.807, 2.05) is 4.90 Å². The zero-order valence-electron chi connectivity index (χ0n) is 20.5. The minimum atomic E-state index is -0.641. The zero-order chi connectivity index (χ0) is 24.6. The fraction of sp³-hybridized carbons (Fsp3) is 0.448. The van der Waals surface area contributed by atoms with Crippen molar-refractivity contribution < 1.29 is 19.4 Å². The molecule has 188 valence electrons. The van der Waals surface area contributed by atoms with Crippen LogP contribution in [0.25, 0.3) is 5.57 Å². The van der Waals surface area contributed by atoms with E-state index in [2.05, 4.69) is 34.5 Å². The van der Waals surface area contributed by atoms with Crippen molar-refractivity contribution in [2.75, 3.05) is 39.4 Å². The molecule has 2 fully saturated rings. The second kappa shape index (κ2) is 9.81. The van der Waals surface area contributed by atoms with Gasteiger partial charge in [-0.2, -0.15) is 0 Å². The van der Waals surface area contributed by atoms with E-state index < -0.39 is 6.10 Å². The molecule has 3 heterocycles. The second-order valence-corrected chi connectivity index (χ2v) is 10.5. The van der Waals surface area contributed by atoms with Crippen molar-refractivity contribution in [2.45, 2.75) is 43.9 Å². The third-order valence-corrected chi connectivity index (χ3v) is 8.10. The van der Waals surface area contributed by atoms with Gasteiger partial charge in [-0.25, -0.2) is 0 Å². The molecule has 0 radical (unpaired) electrons. The molecule has 36 heavy (non-hydrogen) atoms. The molecular formula is C29H33N3O4. The van der Waals surface area contributed by atoms with Crippen molar-refractivity contribution in [2.24, 2.45) is 0 Å². The summed E-state index contributed by atoms with van der Waals surface area (Å²) in [4.78, 5) is 29.9. The van der Waals surface area contributed by atoms with E-state index in [0.29, 0.717) is 30.9 Å². The molecule has 0 spiro atoms. The number of hydrogen-bond acceptors (Lipinski definition) is 5. The monoisotopic (exact) mass is 487 g/mol. The highest BCUT2D eigenvalue weighted by Gasteiger charge is 2.40.